The summed E-state index contributed by atoms with van der Waals surface area (Å²) in [6.45, 7) is 9.40. The van der Waals surface area contributed by atoms with Gasteiger partial charge in [-0.05, 0) is 63.4 Å². The number of benzene rings is 1. The molecule has 0 spiro atoms. The van der Waals surface area contributed by atoms with E-state index in [2.05, 4.69) is 10.3 Å². The molecule has 0 bridgehead atoms. The van der Waals surface area contributed by atoms with Crippen molar-refractivity contribution in [2.75, 3.05) is 0 Å². The third-order valence-electron chi connectivity index (χ3n) is 5.15. The first-order valence-electron chi connectivity index (χ1n) is 9.84. The average Bonchev–Trinajstić information content (AvgIpc) is 3.20. The first-order chi connectivity index (χ1) is 14.0. The van der Waals surface area contributed by atoms with Gasteiger partial charge in [0, 0.05) is 35.2 Å². The van der Waals surface area contributed by atoms with E-state index in [1.807, 2.05) is 52.8 Å². The Morgan fingerprint density at radius 1 is 1.27 bits per heavy atom. The Morgan fingerprint density at radius 3 is 2.43 bits per heavy atom. The number of rotatable bonds is 4. The molecule has 1 amide bonds. The van der Waals surface area contributed by atoms with Crippen LogP contribution in [-0.2, 0) is 14.4 Å². The van der Waals surface area contributed by atoms with Gasteiger partial charge in [-0.25, -0.2) is 4.98 Å². The molecule has 6 nitrogen and oxygen atoms in total. The molecule has 0 aliphatic heterocycles. The number of nitriles is 1. The van der Waals surface area contributed by atoms with Gasteiger partial charge in [0.15, 0.2) is 11.5 Å². The van der Waals surface area contributed by atoms with E-state index in [9.17, 15) is 14.4 Å². The van der Waals surface area contributed by atoms with Crippen LogP contribution >= 0.6 is 11.3 Å². The van der Waals surface area contributed by atoms with Crippen LogP contribution in [0.1, 0.15) is 61.9 Å². The van der Waals surface area contributed by atoms with Gasteiger partial charge >= 0.3 is 0 Å². The summed E-state index contributed by atoms with van der Waals surface area (Å²) in [5.41, 5.74) is 3.25. The molecule has 156 valence electrons. The first-order valence-corrected chi connectivity index (χ1v) is 10.7. The fourth-order valence-corrected chi connectivity index (χ4v) is 4.77. The zero-order valence-electron chi connectivity index (χ0n) is 17.8. The van der Waals surface area contributed by atoms with E-state index in [4.69, 9.17) is 5.26 Å². The number of amides is 1. The largest absolute Gasteiger partial charge is 0.351 e. The number of ketones is 2. The van der Waals surface area contributed by atoms with E-state index in [-0.39, 0.29) is 35.9 Å². The van der Waals surface area contributed by atoms with E-state index in [0.717, 1.165) is 27.3 Å². The zero-order valence-corrected chi connectivity index (χ0v) is 18.6. The zero-order chi connectivity index (χ0) is 22.2. The smallest absolute Gasteiger partial charge is 0.221 e. The molecule has 30 heavy (non-hydrogen) atoms. The normalized spacial score (nSPS) is 19.1. The highest BCUT2D eigenvalue weighted by molar-refractivity contribution is 7.13. The molecule has 2 aromatic rings. The maximum atomic E-state index is 13.1. The lowest BCUT2D eigenvalue weighted by Crippen LogP contribution is -2.41. The second-order valence-electron chi connectivity index (χ2n) is 8.88. The van der Waals surface area contributed by atoms with Crippen molar-refractivity contribution in [3.63, 3.8) is 0 Å². The summed E-state index contributed by atoms with van der Waals surface area (Å²) >= 11 is 1.38. The second kappa shape index (κ2) is 8.11. The van der Waals surface area contributed by atoms with E-state index in [1.165, 1.54) is 11.3 Å². The Labute approximate surface area is 180 Å². The van der Waals surface area contributed by atoms with Crippen molar-refractivity contribution in [1.82, 2.24) is 10.3 Å². The number of aryl methyl sites for hydroxylation is 2. The average molecular weight is 424 g/mol. The molecule has 1 heterocycles. The highest BCUT2D eigenvalue weighted by Crippen LogP contribution is 2.39. The summed E-state index contributed by atoms with van der Waals surface area (Å²) in [4.78, 5) is 42.4. The Balaban J connectivity index is 1.86. The van der Waals surface area contributed by atoms with Gasteiger partial charge in [-0.2, -0.15) is 5.26 Å². The van der Waals surface area contributed by atoms with Crippen molar-refractivity contribution in [1.29, 1.82) is 5.26 Å². The molecule has 1 aliphatic carbocycles. The van der Waals surface area contributed by atoms with Crippen LogP contribution in [0.25, 0.3) is 10.6 Å². The van der Waals surface area contributed by atoms with Crippen molar-refractivity contribution in [3.8, 4) is 16.6 Å². The molecule has 1 aromatic carbocycles. The minimum Gasteiger partial charge on any atom is -0.351 e. The summed E-state index contributed by atoms with van der Waals surface area (Å²) < 4.78 is 0. The highest BCUT2D eigenvalue weighted by Gasteiger charge is 2.44. The molecule has 1 N–H and O–H groups in total. The van der Waals surface area contributed by atoms with Crippen LogP contribution in [-0.4, -0.2) is 28.0 Å². The summed E-state index contributed by atoms with van der Waals surface area (Å²) in [6, 6.07) is 5.84. The molecule has 1 aliphatic rings. The number of carbonyl (C=O) groups excluding carboxylic acids is 3. The maximum Gasteiger partial charge on any atom is 0.221 e. The topological polar surface area (TPSA) is 99.9 Å². The Morgan fingerprint density at radius 2 is 1.90 bits per heavy atom. The Hall–Kier alpha value is -2.85. The van der Waals surface area contributed by atoms with Crippen LogP contribution in [0.3, 0.4) is 0 Å². The van der Waals surface area contributed by atoms with Gasteiger partial charge in [-0.15, -0.1) is 11.3 Å². The number of hydrogen-bond donors (Lipinski definition) is 1. The minimum absolute atomic E-state index is 0.0323. The summed E-state index contributed by atoms with van der Waals surface area (Å²) in [5, 5.41) is 14.3. The molecule has 7 heteroatoms. The number of nitrogens with one attached hydrogen (secondary N) is 1. The molecule has 1 saturated carbocycles. The SMILES string of the molecule is Cc1cc(-c2nc(C#N)cs2)cc(C)c1C1C(=O)CC(CC(=O)NC(C)(C)C)C1=O. The number of Topliss-reactive ketones (excluding diaryl/α,β-unsaturated/α-hetero) is 2. The molecule has 1 fully saturated rings. The molecule has 2 atom stereocenters. The van der Waals surface area contributed by atoms with Gasteiger partial charge in [0.2, 0.25) is 5.91 Å². The number of hydrogen-bond acceptors (Lipinski definition) is 6. The predicted octanol–water partition coefficient (Wildman–Crippen LogP) is 3.85. The van der Waals surface area contributed by atoms with Gasteiger partial charge in [0.25, 0.3) is 0 Å². The molecule has 1 aromatic heterocycles. The predicted molar refractivity (Wildman–Crippen MR) is 115 cm³/mol. The minimum atomic E-state index is -0.822. The quantitative estimate of drug-likeness (QED) is 0.753. The lowest BCUT2D eigenvalue weighted by Gasteiger charge is -2.21. The van der Waals surface area contributed by atoms with Crippen LogP contribution in [0, 0.1) is 31.1 Å². The molecular weight excluding hydrogens is 398 g/mol. The van der Waals surface area contributed by atoms with E-state index in [1.54, 1.807) is 5.38 Å². The van der Waals surface area contributed by atoms with E-state index in [0.29, 0.717) is 5.69 Å². The van der Waals surface area contributed by atoms with Gasteiger partial charge in [-0.1, -0.05) is 0 Å². The van der Waals surface area contributed by atoms with Crippen LogP contribution in [0.15, 0.2) is 17.5 Å². The van der Waals surface area contributed by atoms with E-state index < -0.39 is 11.8 Å². The number of thiazole rings is 1. The van der Waals surface area contributed by atoms with Crippen molar-refractivity contribution in [2.24, 2.45) is 5.92 Å². The van der Waals surface area contributed by atoms with Crippen LogP contribution in [0.4, 0.5) is 0 Å². The number of carbonyl (C=O) groups is 3. The number of aromatic nitrogens is 1. The highest BCUT2D eigenvalue weighted by atomic mass is 32.1. The van der Waals surface area contributed by atoms with Crippen molar-refractivity contribution < 1.29 is 14.4 Å². The van der Waals surface area contributed by atoms with Crippen LogP contribution in [0.2, 0.25) is 0 Å². The molecule has 0 saturated heterocycles. The lowest BCUT2D eigenvalue weighted by atomic mass is 9.86. The van der Waals surface area contributed by atoms with E-state index >= 15 is 0 Å². The first kappa shape index (κ1) is 21.8. The molecule has 0 radical (unpaired) electrons. The van der Waals surface area contributed by atoms with Crippen molar-refractivity contribution in [2.45, 2.75) is 58.9 Å². The third kappa shape index (κ3) is 4.49. The Bertz CT molecular complexity index is 1050. The third-order valence-corrected chi connectivity index (χ3v) is 6.04. The summed E-state index contributed by atoms with van der Waals surface area (Å²) in [7, 11) is 0. The van der Waals surface area contributed by atoms with Crippen LogP contribution < -0.4 is 5.32 Å². The molecular formula is C23H25N3O3S. The Kier molecular flexibility index (Phi) is 5.91. The maximum absolute atomic E-state index is 13.1. The summed E-state index contributed by atoms with van der Waals surface area (Å²) in [6.07, 6.45) is 0.129. The lowest BCUT2D eigenvalue weighted by molar-refractivity contribution is -0.129. The van der Waals surface area contributed by atoms with Gasteiger partial charge in [-0.3, -0.25) is 14.4 Å². The van der Waals surface area contributed by atoms with Crippen molar-refractivity contribution >= 4 is 28.8 Å². The fourth-order valence-electron chi connectivity index (χ4n) is 4.04. The van der Waals surface area contributed by atoms with Gasteiger partial charge in [0.05, 0.1) is 0 Å². The van der Waals surface area contributed by atoms with Gasteiger partial charge < -0.3 is 5.32 Å². The monoisotopic (exact) mass is 423 g/mol. The van der Waals surface area contributed by atoms with Crippen molar-refractivity contribution in [3.05, 3.63) is 39.9 Å². The standard InChI is InChI=1S/C23H25N3O3S/c1-12-6-15(22-25-16(10-24)11-30-22)7-13(2)19(12)20-17(27)8-14(21(20)29)9-18(28)26-23(3,4)5/h6-7,11,14,20H,8-9H2,1-5H3,(H,26,28). The summed E-state index contributed by atoms with van der Waals surface area (Å²) in [5.74, 6) is -1.93. The van der Waals surface area contributed by atoms with Crippen LogP contribution in [0.5, 0.6) is 0 Å². The number of nitrogens with zero attached hydrogens (tertiary/aromatic N) is 2. The second-order valence-corrected chi connectivity index (χ2v) is 9.74. The molecule has 3 rings (SSSR count). The van der Waals surface area contributed by atoms with Gasteiger partial charge in [0.1, 0.15) is 22.8 Å². The molecule has 2 unspecified atom stereocenters. The fraction of sp³-hybridized carbons (Fsp3) is 0.435.